The Hall–Kier alpha value is -2.12. The number of hydrogen-bond acceptors (Lipinski definition) is 1. The van der Waals surface area contributed by atoms with Crippen LogP contribution in [0.25, 0.3) is 6.08 Å². The fraction of sp³-hybridized carbons (Fsp3) is 0.0769. The van der Waals surface area contributed by atoms with Gasteiger partial charge in [0.25, 0.3) is 0 Å². The van der Waals surface area contributed by atoms with E-state index in [1.165, 1.54) is 0 Å². The molecule has 0 fully saturated rings. The smallest absolute Gasteiger partial charge is 0.118 e. The van der Waals surface area contributed by atoms with Crippen LogP contribution in [-0.2, 0) is 0 Å². The van der Waals surface area contributed by atoms with E-state index in [9.17, 15) is 0 Å². The molecular formula is C13H10O. The second-order valence-corrected chi connectivity index (χ2v) is 2.52. The largest absolute Gasteiger partial charge is 0.497 e. The Morgan fingerprint density at radius 2 is 2.00 bits per heavy atom. The van der Waals surface area contributed by atoms with Crippen molar-refractivity contribution >= 4 is 6.08 Å². The molecule has 0 saturated carbocycles. The van der Waals surface area contributed by atoms with Crippen LogP contribution >= 0.6 is 0 Å². The van der Waals surface area contributed by atoms with E-state index < -0.39 is 0 Å². The molecule has 14 heavy (non-hydrogen) atoms. The number of allylic oxidation sites excluding steroid dienone is 1. The molecule has 0 saturated heterocycles. The van der Waals surface area contributed by atoms with Gasteiger partial charge in [0.1, 0.15) is 5.75 Å². The highest BCUT2D eigenvalue weighted by atomic mass is 16.5. The van der Waals surface area contributed by atoms with Crippen LogP contribution in [-0.4, -0.2) is 7.11 Å². The van der Waals surface area contributed by atoms with Gasteiger partial charge in [-0.1, -0.05) is 18.1 Å². The molecule has 68 valence electrons. The summed E-state index contributed by atoms with van der Waals surface area (Å²) in [5.74, 6) is 8.31. The Morgan fingerprint density at radius 3 is 2.57 bits per heavy atom. The Morgan fingerprint density at radius 1 is 1.29 bits per heavy atom. The van der Waals surface area contributed by atoms with Gasteiger partial charge in [-0.2, -0.15) is 0 Å². The van der Waals surface area contributed by atoms with E-state index in [4.69, 9.17) is 11.2 Å². The summed E-state index contributed by atoms with van der Waals surface area (Å²) < 4.78 is 5.03. The maximum absolute atomic E-state index is 5.03. The number of hydrogen-bond donors (Lipinski definition) is 0. The van der Waals surface area contributed by atoms with Crippen LogP contribution in [0.4, 0.5) is 0 Å². The van der Waals surface area contributed by atoms with Gasteiger partial charge in [0, 0.05) is 0 Å². The average Bonchev–Trinajstić information content (AvgIpc) is 2.25. The first-order valence-corrected chi connectivity index (χ1v) is 4.13. The predicted octanol–water partition coefficient (Wildman–Crippen LogP) is 2.35. The minimum absolute atomic E-state index is 0.844. The molecule has 0 spiro atoms. The molecule has 1 nitrogen and oxygen atoms in total. The van der Waals surface area contributed by atoms with Gasteiger partial charge >= 0.3 is 0 Å². The van der Waals surface area contributed by atoms with Crippen molar-refractivity contribution in [1.82, 2.24) is 0 Å². The predicted molar refractivity (Wildman–Crippen MR) is 58.6 cm³/mol. The van der Waals surface area contributed by atoms with Gasteiger partial charge in [0.2, 0.25) is 0 Å². The minimum Gasteiger partial charge on any atom is -0.497 e. The second-order valence-electron chi connectivity index (χ2n) is 2.52. The third-order valence-corrected chi connectivity index (χ3v) is 1.62. The summed E-state index contributed by atoms with van der Waals surface area (Å²) in [5.41, 5.74) is 1.07. The van der Waals surface area contributed by atoms with Gasteiger partial charge in [-0.3, -0.25) is 0 Å². The van der Waals surface area contributed by atoms with E-state index in [1.54, 1.807) is 13.2 Å². The van der Waals surface area contributed by atoms with Crippen molar-refractivity contribution in [2.75, 3.05) is 7.11 Å². The van der Waals surface area contributed by atoms with E-state index >= 15 is 0 Å². The zero-order valence-corrected chi connectivity index (χ0v) is 7.95. The molecule has 0 aliphatic rings. The standard InChI is InChI=1S/C13H10O/c1-3-4-5-6-7-12-8-10-13(14-2)11-9-12/h1,6-11H,2H3/b7-6-. The summed E-state index contributed by atoms with van der Waals surface area (Å²) in [5, 5.41) is 0. The molecule has 0 aliphatic carbocycles. The van der Waals surface area contributed by atoms with Gasteiger partial charge in [0.15, 0.2) is 0 Å². The van der Waals surface area contributed by atoms with Crippen LogP contribution < -0.4 is 4.74 Å². The lowest BCUT2D eigenvalue weighted by atomic mass is 10.2. The topological polar surface area (TPSA) is 9.23 Å². The molecule has 0 radical (unpaired) electrons. The lowest BCUT2D eigenvalue weighted by Gasteiger charge is -1.98. The first-order chi connectivity index (χ1) is 6.86. The van der Waals surface area contributed by atoms with Crippen molar-refractivity contribution in [2.24, 2.45) is 0 Å². The summed E-state index contributed by atoms with van der Waals surface area (Å²) in [7, 11) is 1.64. The summed E-state index contributed by atoms with van der Waals surface area (Å²) in [4.78, 5) is 0. The SMILES string of the molecule is C#CC#C/C=C\c1ccc(OC)cc1. The van der Waals surface area contributed by atoms with E-state index in [2.05, 4.69) is 17.8 Å². The number of terminal acetylenes is 1. The van der Waals surface area contributed by atoms with Crippen LogP contribution in [0.1, 0.15) is 5.56 Å². The zero-order chi connectivity index (χ0) is 10.2. The van der Waals surface area contributed by atoms with Crippen molar-refractivity contribution in [3.8, 4) is 29.9 Å². The molecule has 0 bridgehead atoms. The first kappa shape index (κ1) is 9.96. The lowest BCUT2D eigenvalue weighted by molar-refractivity contribution is 0.415. The zero-order valence-electron chi connectivity index (χ0n) is 7.95. The first-order valence-electron chi connectivity index (χ1n) is 4.13. The van der Waals surface area contributed by atoms with E-state index in [0.717, 1.165) is 11.3 Å². The van der Waals surface area contributed by atoms with E-state index in [-0.39, 0.29) is 0 Å². The highest BCUT2D eigenvalue weighted by Gasteiger charge is 1.88. The highest BCUT2D eigenvalue weighted by Crippen LogP contribution is 2.11. The van der Waals surface area contributed by atoms with Crippen LogP contribution in [0.15, 0.2) is 30.3 Å². The molecule has 0 aliphatic heterocycles. The third-order valence-electron chi connectivity index (χ3n) is 1.62. The minimum atomic E-state index is 0.844. The molecule has 0 atom stereocenters. The van der Waals surface area contributed by atoms with Crippen molar-refractivity contribution in [3.05, 3.63) is 35.9 Å². The normalized spacial score (nSPS) is 8.86. The summed E-state index contributed by atoms with van der Waals surface area (Å²) in [6, 6.07) is 7.70. The Bertz CT molecular complexity index is 407. The number of benzene rings is 1. The van der Waals surface area contributed by atoms with Crippen molar-refractivity contribution in [2.45, 2.75) is 0 Å². The number of methoxy groups -OCH3 is 1. The molecule has 0 aromatic heterocycles. The molecule has 0 unspecified atom stereocenters. The van der Waals surface area contributed by atoms with E-state index in [0.29, 0.717) is 0 Å². The molecular weight excluding hydrogens is 172 g/mol. The van der Waals surface area contributed by atoms with Gasteiger partial charge in [-0.15, -0.1) is 6.42 Å². The third kappa shape index (κ3) is 3.09. The Balaban J connectivity index is 2.70. The van der Waals surface area contributed by atoms with Crippen LogP contribution in [0.5, 0.6) is 5.75 Å². The molecule has 1 aromatic rings. The quantitative estimate of drug-likeness (QED) is 0.638. The van der Waals surface area contributed by atoms with Gasteiger partial charge < -0.3 is 4.74 Å². The van der Waals surface area contributed by atoms with Gasteiger partial charge in [-0.05, 0) is 41.7 Å². The molecule has 0 amide bonds. The monoisotopic (exact) mass is 182 g/mol. The Kier molecular flexibility index (Phi) is 3.92. The fourth-order valence-electron chi connectivity index (χ4n) is 0.936. The summed E-state index contributed by atoms with van der Waals surface area (Å²) >= 11 is 0. The van der Waals surface area contributed by atoms with Crippen LogP contribution in [0, 0.1) is 24.2 Å². The van der Waals surface area contributed by atoms with Crippen molar-refractivity contribution in [1.29, 1.82) is 0 Å². The Labute approximate surface area is 84.4 Å². The summed E-state index contributed by atoms with van der Waals surface area (Å²) in [6.07, 6.45) is 8.59. The van der Waals surface area contributed by atoms with Crippen molar-refractivity contribution < 1.29 is 4.74 Å². The molecule has 1 rings (SSSR count). The second kappa shape index (κ2) is 5.51. The van der Waals surface area contributed by atoms with Crippen LogP contribution in [0.3, 0.4) is 0 Å². The molecule has 0 N–H and O–H groups in total. The summed E-state index contributed by atoms with van der Waals surface area (Å²) in [6.45, 7) is 0. The molecule has 1 heteroatoms. The van der Waals surface area contributed by atoms with Crippen LogP contribution in [0.2, 0.25) is 0 Å². The highest BCUT2D eigenvalue weighted by molar-refractivity contribution is 5.54. The average molecular weight is 182 g/mol. The number of ether oxygens (including phenoxy) is 1. The van der Waals surface area contributed by atoms with Gasteiger partial charge in [-0.25, -0.2) is 0 Å². The van der Waals surface area contributed by atoms with E-state index in [1.807, 2.05) is 30.3 Å². The molecule has 0 heterocycles. The van der Waals surface area contributed by atoms with Crippen molar-refractivity contribution in [3.63, 3.8) is 0 Å². The maximum atomic E-state index is 5.03. The number of rotatable bonds is 2. The van der Waals surface area contributed by atoms with Gasteiger partial charge in [0.05, 0.1) is 7.11 Å². The lowest BCUT2D eigenvalue weighted by Crippen LogP contribution is -1.81. The fourth-order valence-corrected chi connectivity index (χ4v) is 0.936. The molecule has 1 aromatic carbocycles. The maximum Gasteiger partial charge on any atom is 0.118 e.